The molecule has 2 N–H and O–H groups in total. The van der Waals surface area contributed by atoms with Crippen molar-refractivity contribution < 1.29 is 4.79 Å². The molecule has 1 aromatic carbocycles. The Morgan fingerprint density at radius 1 is 1.47 bits per heavy atom. The summed E-state index contributed by atoms with van der Waals surface area (Å²) in [5.74, 6) is 0.137. The maximum absolute atomic E-state index is 12.8. The van der Waals surface area contributed by atoms with Gasteiger partial charge in [0.2, 0.25) is 0 Å². The van der Waals surface area contributed by atoms with E-state index in [1.807, 2.05) is 36.9 Å². The van der Waals surface area contributed by atoms with Gasteiger partial charge in [-0.25, -0.2) is 0 Å². The maximum Gasteiger partial charge on any atom is 0.254 e. The molecule has 19 heavy (non-hydrogen) atoms. The summed E-state index contributed by atoms with van der Waals surface area (Å²) in [6.45, 7) is 4.84. The highest BCUT2D eigenvalue weighted by atomic mass is 127. The van der Waals surface area contributed by atoms with E-state index in [0.29, 0.717) is 0 Å². The molecule has 1 fully saturated rings. The van der Waals surface area contributed by atoms with Crippen molar-refractivity contribution in [3.05, 3.63) is 32.9 Å². The standard InChI is InChI=1S/C15H21IN2O/c1-10-12(6-5-7-13(10)16)15(19)18-9-4-3-8-14(18)11(2)17/h5-7,11,14H,3-4,8-9,17H2,1-2H3. The molecule has 104 valence electrons. The van der Waals surface area contributed by atoms with Crippen LogP contribution in [0, 0.1) is 10.5 Å². The monoisotopic (exact) mass is 372 g/mol. The van der Waals surface area contributed by atoms with Gasteiger partial charge in [0.05, 0.1) is 0 Å². The van der Waals surface area contributed by atoms with E-state index in [-0.39, 0.29) is 18.0 Å². The topological polar surface area (TPSA) is 46.3 Å². The predicted octanol–water partition coefficient (Wildman–Crippen LogP) is 2.94. The first-order valence-corrected chi connectivity index (χ1v) is 7.92. The highest BCUT2D eigenvalue weighted by Gasteiger charge is 2.30. The molecule has 1 aliphatic heterocycles. The van der Waals surface area contributed by atoms with Crippen LogP contribution in [0.4, 0.5) is 0 Å². The van der Waals surface area contributed by atoms with Crippen LogP contribution in [0.15, 0.2) is 18.2 Å². The average molecular weight is 372 g/mol. The van der Waals surface area contributed by atoms with Gasteiger partial charge in [0.15, 0.2) is 0 Å². The second-order valence-electron chi connectivity index (χ2n) is 5.33. The van der Waals surface area contributed by atoms with Crippen LogP contribution in [-0.4, -0.2) is 29.4 Å². The summed E-state index contributed by atoms with van der Waals surface area (Å²) in [6, 6.07) is 6.12. The fourth-order valence-electron chi connectivity index (χ4n) is 2.75. The molecule has 4 heteroatoms. The molecule has 2 unspecified atom stereocenters. The van der Waals surface area contributed by atoms with Crippen molar-refractivity contribution in [3.63, 3.8) is 0 Å². The number of halogens is 1. The number of carbonyl (C=O) groups excluding carboxylic acids is 1. The van der Waals surface area contributed by atoms with E-state index in [9.17, 15) is 4.79 Å². The van der Waals surface area contributed by atoms with Crippen LogP contribution >= 0.6 is 22.6 Å². The van der Waals surface area contributed by atoms with E-state index in [1.54, 1.807) is 0 Å². The number of nitrogens with zero attached hydrogens (tertiary/aromatic N) is 1. The largest absolute Gasteiger partial charge is 0.334 e. The number of amides is 1. The summed E-state index contributed by atoms with van der Waals surface area (Å²) in [7, 11) is 0. The number of benzene rings is 1. The third-order valence-electron chi connectivity index (χ3n) is 3.92. The van der Waals surface area contributed by atoms with E-state index >= 15 is 0 Å². The number of rotatable bonds is 2. The molecule has 0 bridgehead atoms. The Morgan fingerprint density at radius 3 is 2.89 bits per heavy atom. The molecule has 2 rings (SSSR count). The maximum atomic E-state index is 12.8. The first kappa shape index (κ1) is 14.8. The minimum Gasteiger partial charge on any atom is -0.334 e. The van der Waals surface area contributed by atoms with Crippen LogP contribution in [0.25, 0.3) is 0 Å². The lowest BCUT2D eigenvalue weighted by molar-refractivity contribution is 0.0583. The third-order valence-corrected chi connectivity index (χ3v) is 5.08. The van der Waals surface area contributed by atoms with Gasteiger partial charge in [0.1, 0.15) is 0 Å². The lowest BCUT2D eigenvalue weighted by Crippen LogP contribution is -2.51. The van der Waals surface area contributed by atoms with Gasteiger partial charge in [-0.05, 0) is 73.4 Å². The van der Waals surface area contributed by atoms with Gasteiger partial charge in [0.25, 0.3) is 5.91 Å². The van der Waals surface area contributed by atoms with Crippen molar-refractivity contribution in [1.29, 1.82) is 0 Å². The zero-order valence-corrected chi connectivity index (χ0v) is 13.7. The second kappa shape index (κ2) is 6.22. The lowest BCUT2D eigenvalue weighted by atomic mass is 9.95. The van der Waals surface area contributed by atoms with E-state index in [2.05, 4.69) is 22.6 Å². The van der Waals surface area contributed by atoms with Gasteiger partial charge < -0.3 is 10.6 Å². The molecule has 1 amide bonds. The summed E-state index contributed by atoms with van der Waals surface area (Å²) < 4.78 is 1.14. The van der Waals surface area contributed by atoms with Gasteiger partial charge in [-0.2, -0.15) is 0 Å². The SMILES string of the molecule is Cc1c(I)cccc1C(=O)N1CCCCC1C(C)N. The Hall–Kier alpha value is -0.620. The molecule has 0 saturated carbocycles. The van der Waals surface area contributed by atoms with Gasteiger partial charge in [-0.3, -0.25) is 4.79 Å². The zero-order chi connectivity index (χ0) is 14.0. The van der Waals surface area contributed by atoms with Crippen LogP contribution in [0.1, 0.15) is 42.1 Å². The highest BCUT2D eigenvalue weighted by molar-refractivity contribution is 14.1. The van der Waals surface area contributed by atoms with E-state index in [0.717, 1.165) is 34.1 Å². The fourth-order valence-corrected chi connectivity index (χ4v) is 3.25. The molecule has 0 aromatic heterocycles. The smallest absolute Gasteiger partial charge is 0.254 e. The van der Waals surface area contributed by atoms with Crippen molar-refractivity contribution >= 4 is 28.5 Å². The average Bonchev–Trinajstić information content (AvgIpc) is 2.41. The van der Waals surface area contributed by atoms with Crippen LogP contribution in [0.2, 0.25) is 0 Å². The van der Waals surface area contributed by atoms with Gasteiger partial charge in [0, 0.05) is 27.8 Å². The molecule has 1 aliphatic rings. The molecule has 3 nitrogen and oxygen atoms in total. The highest BCUT2D eigenvalue weighted by Crippen LogP contribution is 2.24. The minimum atomic E-state index is 0.0346. The zero-order valence-electron chi connectivity index (χ0n) is 11.5. The van der Waals surface area contributed by atoms with Gasteiger partial charge in [-0.15, -0.1) is 0 Å². The Balaban J connectivity index is 2.29. The van der Waals surface area contributed by atoms with Crippen molar-refractivity contribution in [2.24, 2.45) is 5.73 Å². The third kappa shape index (κ3) is 3.11. The van der Waals surface area contributed by atoms with Crippen molar-refractivity contribution in [2.45, 2.75) is 45.2 Å². The molecule has 0 aliphatic carbocycles. The number of piperidine rings is 1. The Kier molecular flexibility index (Phi) is 4.84. The molecule has 1 saturated heterocycles. The molecule has 0 radical (unpaired) electrons. The Bertz CT molecular complexity index is 473. The van der Waals surface area contributed by atoms with E-state index in [1.165, 1.54) is 6.42 Å². The Labute approximate surface area is 128 Å². The summed E-state index contributed by atoms with van der Waals surface area (Å²) >= 11 is 2.28. The quantitative estimate of drug-likeness (QED) is 0.812. The predicted molar refractivity (Wildman–Crippen MR) is 86.2 cm³/mol. The second-order valence-corrected chi connectivity index (χ2v) is 6.50. The number of carbonyl (C=O) groups is 1. The molecule has 2 atom stereocenters. The summed E-state index contributed by atoms with van der Waals surface area (Å²) in [4.78, 5) is 14.7. The molecule has 1 heterocycles. The van der Waals surface area contributed by atoms with Crippen molar-refractivity contribution in [2.75, 3.05) is 6.54 Å². The summed E-state index contributed by atoms with van der Waals surface area (Å²) in [5.41, 5.74) is 7.94. The van der Waals surface area contributed by atoms with Crippen LogP contribution in [0.5, 0.6) is 0 Å². The molecule has 1 aromatic rings. The first-order chi connectivity index (χ1) is 9.02. The first-order valence-electron chi connectivity index (χ1n) is 6.84. The van der Waals surface area contributed by atoms with Gasteiger partial charge >= 0.3 is 0 Å². The van der Waals surface area contributed by atoms with Crippen molar-refractivity contribution in [1.82, 2.24) is 4.90 Å². The van der Waals surface area contributed by atoms with Crippen LogP contribution in [0.3, 0.4) is 0 Å². The van der Waals surface area contributed by atoms with Crippen LogP contribution in [-0.2, 0) is 0 Å². The lowest BCUT2D eigenvalue weighted by Gasteiger charge is -2.38. The number of likely N-dealkylation sites (tertiary alicyclic amines) is 1. The number of hydrogen-bond donors (Lipinski definition) is 1. The number of nitrogens with two attached hydrogens (primary N) is 1. The molecule has 0 spiro atoms. The van der Waals surface area contributed by atoms with E-state index < -0.39 is 0 Å². The van der Waals surface area contributed by atoms with Gasteiger partial charge in [-0.1, -0.05) is 6.07 Å². The Morgan fingerprint density at radius 2 is 2.21 bits per heavy atom. The normalized spacial score (nSPS) is 21.3. The van der Waals surface area contributed by atoms with Crippen molar-refractivity contribution in [3.8, 4) is 0 Å². The minimum absolute atomic E-state index is 0.0346. The molecular weight excluding hydrogens is 351 g/mol. The number of hydrogen-bond acceptors (Lipinski definition) is 2. The fraction of sp³-hybridized carbons (Fsp3) is 0.533. The molecular formula is C15H21IN2O. The summed E-state index contributed by atoms with van der Waals surface area (Å²) in [6.07, 6.45) is 3.27. The summed E-state index contributed by atoms with van der Waals surface area (Å²) in [5, 5.41) is 0. The van der Waals surface area contributed by atoms with Crippen LogP contribution < -0.4 is 5.73 Å². The van der Waals surface area contributed by atoms with E-state index in [4.69, 9.17) is 5.73 Å².